The summed E-state index contributed by atoms with van der Waals surface area (Å²) in [7, 11) is 0. The normalized spacial score (nSPS) is 24.7. The molecule has 0 saturated carbocycles. The van der Waals surface area contributed by atoms with Crippen LogP contribution in [0.2, 0.25) is 0 Å². The molecule has 9 nitrogen and oxygen atoms in total. The smallest absolute Gasteiger partial charge is 0.209 e. The Morgan fingerprint density at radius 1 is 1.11 bits per heavy atom. The number of aliphatic hydroxyl groups is 3. The highest BCUT2D eigenvalue weighted by molar-refractivity contribution is 5.82. The molecule has 3 aromatic rings. The number of fused-ring (bicyclic) bond motifs is 1. The van der Waals surface area contributed by atoms with E-state index in [1.165, 1.54) is 10.9 Å². The summed E-state index contributed by atoms with van der Waals surface area (Å²) in [5.41, 5.74) is 7.41. The highest BCUT2D eigenvalue weighted by Gasteiger charge is 2.44. The number of aromatic nitrogens is 4. The van der Waals surface area contributed by atoms with Crippen molar-refractivity contribution in [3.8, 4) is 11.8 Å². The van der Waals surface area contributed by atoms with E-state index >= 15 is 0 Å². The highest BCUT2D eigenvalue weighted by atomic mass is 16.6. The first-order chi connectivity index (χ1) is 13.1. The molecule has 1 aliphatic rings. The quantitative estimate of drug-likeness (QED) is 0.441. The molecule has 4 rings (SSSR count). The van der Waals surface area contributed by atoms with Crippen LogP contribution < -0.4 is 5.73 Å². The van der Waals surface area contributed by atoms with Gasteiger partial charge in [-0.05, 0) is 18.1 Å². The summed E-state index contributed by atoms with van der Waals surface area (Å²) in [4.78, 5) is 12.7. The van der Waals surface area contributed by atoms with E-state index in [1.54, 1.807) is 0 Å². The molecule has 1 aromatic carbocycles. The van der Waals surface area contributed by atoms with E-state index in [0.717, 1.165) is 5.56 Å². The van der Waals surface area contributed by atoms with Gasteiger partial charge < -0.3 is 25.8 Å². The maximum Gasteiger partial charge on any atom is 0.209 e. The zero-order valence-electron chi connectivity index (χ0n) is 14.1. The number of hydrogen-bond acceptors (Lipinski definition) is 8. The van der Waals surface area contributed by atoms with Crippen LogP contribution in [-0.4, -0.2) is 59.8 Å². The van der Waals surface area contributed by atoms with Crippen LogP contribution >= 0.6 is 0 Å². The van der Waals surface area contributed by atoms with E-state index in [9.17, 15) is 15.3 Å². The molecule has 9 heteroatoms. The number of ether oxygens (including phenoxy) is 1. The van der Waals surface area contributed by atoms with Crippen molar-refractivity contribution in [3.05, 3.63) is 48.0 Å². The monoisotopic (exact) mass is 367 g/mol. The number of nitrogens with zero attached hydrogens (tertiary/aromatic N) is 4. The number of hydrogen-bond donors (Lipinski definition) is 4. The first-order valence-corrected chi connectivity index (χ1v) is 8.28. The van der Waals surface area contributed by atoms with Crippen LogP contribution in [0.15, 0.2) is 36.7 Å². The van der Waals surface area contributed by atoms with Crippen molar-refractivity contribution in [2.45, 2.75) is 24.5 Å². The average Bonchev–Trinajstić information content (AvgIpc) is 3.23. The maximum atomic E-state index is 10.2. The fourth-order valence-corrected chi connectivity index (χ4v) is 2.94. The van der Waals surface area contributed by atoms with Crippen molar-refractivity contribution in [2.24, 2.45) is 0 Å². The lowest BCUT2D eigenvalue weighted by atomic mass is 10.1. The zero-order chi connectivity index (χ0) is 19.0. The number of aliphatic hydroxyl groups excluding tert-OH is 3. The molecule has 0 bridgehead atoms. The first kappa shape index (κ1) is 17.4. The van der Waals surface area contributed by atoms with E-state index in [4.69, 9.17) is 10.5 Å². The second-order valence-corrected chi connectivity index (χ2v) is 6.10. The summed E-state index contributed by atoms with van der Waals surface area (Å²) in [6.07, 6.45) is -2.96. The fourth-order valence-electron chi connectivity index (χ4n) is 2.94. The topological polar surface area (TPSA) is 140 Å². The van der Waals surface area contributed by atoms with Crippen LogP contribution in [-0.2, 0) is 4.74 Å². The fraction of sp³-hybridized carbons (Fsp3) is 0.278. The molecular formula is C18H17N5O4. The van der Waals surface area contributed by atoms with Gasteiger partial charge in [0.1, 0.15) is 23.8 Å². The Morgan fingerprint density at radius 2 is 1.89 bits per heavy atom. The van der Waals surface area contributed by atoms with Crippen molar-refractivity contribution < 1.29 is 20.1 Å². The maximum absolute atomic E-state index is 10.2. The molecule has 1 fully saturated rings. The number of nitrogens with two attached hydrogens (primary N) is 1. The van der Waals surface area contributed by atoms with E-state index in [1.807, 2.05) is 30.3 Å². The summed E-state index contributed by atoms with van der Waals surface area (Å²) in [5, 5.41) is 29.5. The minimum atomic E-state index is -1.26. The molecule has 0 radical (unpaired) electrons. The molecule has 5 N–H and O–H groups in total. The first-order valence-electron chi connectivity index (χ1n) is 8.28. The molecule has 4 atom stereocenters. The van der Waals surface area contributed by atoms with Crippen molar-refractivity contribution >= 4 is 17.0 Å². The third-order valence-corrected chi connectivity index (χ3v) is 4.33. The molecule has 0 unspecified atom stereocenters. The van der Waals surface area contributed by atoms with Gasteiger partial charge in [-0.1, -0.05) is 24.1 Å². The highest BCUT2D eigenvalue weighted by Crippen LogP contribution is 2.31. The van der Waals surface area contributed by atoms with Gasteiger partial charge in [-0.2, -0.15) is 0 Å². The largest absolute Gasteiger partial charge is 0.394 e. The SMILES string of the molecule is Nc1nc(C#Cc2ccccc2)nc2c1ncn2[C@@H]1O[C@H](CO)[C@@H](O)[C@@H]1O. The van der Waals surface area contributed by atoms with E-state index in [0.29, 0.717) is 11.2 Å². The second kappa shape index (κ2) is 6.94. The number of rotatable bonds is 2. The Hall–Kier alpha value is -3.03. The van der Waals surface area contributed by atoms with Gasteiger partial charge in [-0.25, -0.2) is 15.0 Å². The van der Waals surface area contributed by atoms with Gasteiger partial charge >= 0.3 is 0 Å². The molecule has 0 amide bonds. The average molecular weight is 367 g/mol. The van der Waals surface area contributed by atoms with E-state index in [-0.39, 0.29) is 11.6 Å². The molecule has 0 spiro atoms. The number of imidazole rings is 1. The lowest BCUT2D eigenvalue weighted by Gasteiger charge is -2.16. The van der Waals surface area contributed by atoms with E-state index < -0.39 is 31.1 Å². The second-order valence-electron chi connectivity index (χ2n) is 6.10. The van der Waals surface area contributed by atoms with Crippen LogP contribution in [0.3, 0.4) is 0 Å². The number of anilines is 1. The standard InChI is InChI=1S/C18H17N5O4/c19-16-13-17(22-12(21-16)7-6-10-4-2-1-3-5-10)23(9-20-13)18-15(26)14(25)11(8-24)27-18/h1-5,9,11,14-15,18,24-26H,8H2,(H2,19,21,22)/t11-,14-,15+,18-/m1/s1. The Morgan fingerprint density at radius 3 is 2.59 bits per heavy atom. The summed E-state index contributed by atoms with van der Waals surface area (Å²) in [5.74, 6) is 6.14. The lowest BCUT2D eigenvalue weighted by molar-refractivity contribution is -0.0511. The van der Waals surface area contributed by atoms with Gasteiger partial charge in [0, 0.05) is 5.56 Å². The summed E-state index contributed by atoms with van der Waals surface area (Å²) in [6.45, 7) is -0.424. The summed E-state index contributed by atoms with van der Waals surface area (Å²) >= 11 is 0. The van der Waals surface area contributed by atoms with Gasteiger partial charge in [-0.3, -0.25) is 4.57 Å². The molecule has 0 aliphatic carbocycles. The van der Waals surface area contributed by atoms with Gasteiger partial charge in [0.2, 0.25) is 5.82 Å². The predicted molar refractivity (Wildman–Crippen MR) is 95.2 cm³/mol. The predicted octanol–water partition coefficient (Wildman–Crippen LogP) is -0.580. The molecule has 2 aromatic heterocycles. The Kier molecular flexibility index (Phi) is 4.47. The molecule has 3 heterocycles. The third-order valence-electron chi connectivity index (χ3n) is 4.33. The van der Waals surface area contributed by atoms with E-state index in [2.05, 4.69) is 26.8 Å². The van der Waals surface area contributed by atoms with Crippen LogP contribution in [0, 0.1) is 11.8 Å². The Balaban J connectivity index is 1.74. The molecule has 1 aliphatic heterocycles. The van der Waals surface area contributed by atoms with Gasteiger partial charge in [0.25, 0.3) is 0 Å². The number of nitrogen functional groups attached to an aromatic ring is 1. The van der Waals surface area contributed by atoms with Crippen LogP contribution in [0.4, 0.5) is 5.82 Å². The van der Waals surface area contributed by atoms with Crippen LogP contribution in [0.1, 0.15) is 17.6 Å². The summed E-state index contributed by atoms with van der Waals surface area (Å²) < 4.78 is 6.98. The summed E-state index contributed by atoms with van der Waals surface area (Å²) in [6, 6.07) is 9.36. The minimum Gasteiger partial charge on any atom is -0.394 e. The van der Waals surface area contributed by atoms with Crippen molar-refractivity contribution in [3.63, 3.8) is 0 Å². The molecule has 138 valence electrons. The van der Waals surface area contributed by atoms with Crippen LogP contribution in [0.5, 0.6) is 0 Å². The lowest BCUT2D eigenvalue weighted by Crippen LogP contribution is -2.33. The minimum absolute atomic E-state index is 0.142. The Bertz CT molecular complexity index is 1030. The van der Waals surface area contributed by atoms with Crippen molar-refractivity contribution in [2.75, 3.05) is 12.3 Å². The van der Waals surface area contributed by atoms with Gasteiger partial charge in [-0.15, -0.1) is 0 Å². The molecule has 1 saturated heterocycles. The Labute approximate surface area is 154 Å². The van der Waals surface area contributed by atoms with Crippen molar-refractivity contribution in [1.29, 1.82) is 0 Å². The zero-order valence-corrected chi connectivity index (χ0v) is 14.1. The van der Waals surface area contributed by atoms with Crippen molar-refractivity contribution in [1.82, 2.24) is 19.5 Å². The third kappa shape index (κ3) is 3.11. The number of benzene rings is 1. The molecular weight excluding hydrogens is 350 g/mol. The van der Waals surface area contributed by atoms with Crippen LogP contribution in [0.25, 0.3) is 11.2 Å². The van der Waals surface area contributed by atoms with Gasteiger partial charge in [0.05, 0.1) is 12.9 Å². The van der Waals surface area contributed by atoms with Gasteiger partial charge in [0.15, 0.2) is 17.7 Å². The molecule has 27 heavy (non-hydrogen) atoms.